The van der Waals surface area contributed by atoms with Crippen LogP contribution in [0.4, 0.5) is 5.69 Å². The summed E-state index contributed by atoms with van der Waals surface area (Å²) in [6, 6.07) is 18.1. The van der Waals surface area contributed by atoms with Gasteiger partial charge in [0, 0.05) is 17.5 Å². The number of furan rings is 1. The van der Waals surface area contributed by atoms with Crippen molar-refractivity contribution in [2.45, 2.75) is 25.2 Å². The molecule has 2 aliphatic rings. The second-order valence-corrected chi connectivity index (χ2v) is 7.60. The van der Waals surface area contributed by atoms with E-state index in [1.165, 1.54) is 10.6 Å². The Morgan fingerprint density at radius 2 is 1.79 bits per heavy atom. The zero-order chi connectivity index (χ0) is 19.1. The van der Waals surface area contributed by atoms with Crippen LogP contribution in [0, 0.1) is 0 Å². The maximum Gasteiger partial charge on any atom is 0.308 e. The monoisotopic (exact) mass is 373 g/mol. The van der Waals surface area contributed by atoms with Crippen LogP contribution in [0.5, 0.6) is 0 Å². The highest BCUT2D eigenvalue weighted by Crippen LogP contribution is 2.36. The van der Waals surface area contributed by atoms with E-state index in [0.717, 1.165) is 48.3 Å². The van der Waals surface area contributed by atoms with Crippen LogP contribution >= 0.6 is 0 Å². The van der Waals surface area contributed by atoms with E-state index >= 15 is 0 Å². The molecule has 0 bridgehead atoms. The van der Waals surface area contributed by atoms with Gasteiger partial charge >= 0.3 is 5.91 Å². The zero-order valence-corrected chi connectivity index (χ0v) is 15.7. The molecule has 3 aromatic rings. The van der Waals surface area contributed by atoms with Crippen LogP contribution < -0.4 is 16.2 Å². The van der Waals surface area contributed by atoms with E-state index in [2.05, 4.69) is 17.4 Å². The Bertz CT molecular complexity index is 1020. The molecule has 28 heavy (non-hydrogen) atoms. The lowest BCUT2D eigenvalue weighted by Gasteiger charge is -2.24. The summed E-state index contributed by atoms with van der Waals surface area (Å²) in [7, 11) is 0. The summed E-state index contributed by atoms with van der Waals surface area (Å²) < 4.78 is 5.95. The summed E-state index contributed by atoms with van der Waals surface area (Å²) in [6.45, 7) is 2.10. The molecule has 1 fully saturated rings. The van der Waals surface area contributed by atoms with Crippen molar-refractivity contribution in [3.05, 3.63) is 77.0 Å². The summed E-state index contributed by atoms with van der Waals surface area (Å²) in [4.78, 5) is 12.9. The van der Waals surface area contributed by atoms with E-state index in [1.807, 2.05) is 42.5 Å². The molecule has 0 saturated carbocycles. The first kappa shape index (κ1) is 17.2. The van der Waals surface area contributed by atoms with Gasteiger partial charge in [-0.15, -0.1) is 0 Å². The molecule has 1 aromatic heterocycles. The van der Waals surface area contributed by atoms with E-state index in [-0.39, 0.29) is 5.91 Å². The van der Waals surface area contributed by atoms with Crippen LogP contribution in [-0.2, 0) is 6.42 Å². The normalized spacial score (nSPS) is 17.2. The number of nitrogens with zero attached hydrogens (tertiary/aromatic N) is 1. The number of amides is 1. The molecule has 142 valence electrons. The number of anilines is 1. The Labute approximate surface area is 164 Å². The van der Waals surface area contributed by atoms with E-state index in [4.69, 9.17) is 10.3 Å². The lowest BCUT2D eigenvalue weighted by Crippen LogP contribution is -2.37. The minimum atomic E-state index is -0.300. The van der Waals surface area contributed by atoms with Gasteiger partial charge in [-0.3, -0.25) is 4.79 Å². The van der Waals surface area contributed by atoms with Gasteiger partial charge in [-0.25, -0.2) is 10.9 Å². The molecule has 2 aromatic carbocycles. The molecule has 5 heteroatoms. The molecule has 5 rings (SSSR count). The lowest BCUT2D eigenvalue weighted by atomic mass is 9.88. The summed E-state index contributed by atoms with van der Waals surface area (Å²) >= 11 is 0. The predicted molar refractivity (Wildman–Crippen MR) is 109 cm³/mol. The van der Waals surface area contributed by atoms with Gasteiger partial charge in [0.2, 0.25) is 0 Å². The van der Waals surface area contributed by atoms with Crippen molar-refractivity contribution in [2.75, 3.05) is 18.1 Å². The number of nitrogens with one attached hydrogen (secondary N) is 1. The van der Waals surface area contributed by atoms with Crippen molar-refractivity contribution in [3.63, 3.8) is 0 Å². The van der Waals surface area contributed by atoms with Crippen LogP contribution in [0.15, 0.2) is 59.0 Å². The Hall–Kier alpha value is -2.89. The number of piperidine rings is 1. The largest absolute Gasteiger partial charge is 0.451 e. The van der Waals surface area contributed by atoms with Crippen LogP contribution in [0.3, 0.4) is 0 Å². The molecule has 0 spiro atoms. The molecule has 0 radical (unpaired) electrons. The second-order valence-electron chi connectivity index (χ2n) is 7.60. The van der Waals surface area contributed by atoms with Crippen molar-refractivity contribution in [2.24, 2.45) is 5.84 Å². The number of hydrazine groups is 1. The first-order chi connectivity index (χ1) is 13.7. The van der Waals surface area contributed by atoms with Crippen LogP contribution in [0.1, 0.15) is 46.0 Å². The molecule has 2 aliphatic heterocycles. The molecule has 0 unspecified atom stereocenters. The molecule has 0 aliphatic carbocycles. The highest BCUT2D eigenvalue weighted by molar-refractivity contribution is 6.06. The van der Waals surface area contributed by atoms with E-state index < -0.39 is 0 Å². The average molecular weight is 373 g/mol. The van der Waals surface area contributed by atoms with Gasteiger partial charge in [-0.2, -0.15) is 0 Å². The van der Waals surface area contributed by atoms with Gasteiger partial charge in [0.05, 0.1) is 5.69 Å². The lowest BCUT2D eigenvalue weighted by molar-refractivity contribution is 0.0961. The number of carbonyl (C=O) groups is 1. The summed E-state index contributed by atoms with van der Waals surface area (Å²) in [5, 5.41) is 4.64. The van der Waals surface area contributed by atoms with Gasteiger partial charge in [-0.1, -0.05) is 42.5 Å². The van der Waals surface area contributed by atoms with Crippen LogP contribution in [-0.4, -0.2) is 19.0 Å². The average Bonchev–Trinajstić information content (AvgIpc) is 3.14. The fraction of sp³-hybridized carbons (Fsp3) is 0.261. The highest BCUT2D eigenvalue weighted by atomic mass is 16.4. The third kappa shape index (κ3) is 2.93. The van der Waals surface area contributed by atoms with Crippen LogP contribution in [0.2, 0.25) is 0 Å². The molecular formula is C23H23N3O2. The number of benzene rings is 2. The third-order valence-electron chi connectivity index (χ3n) is 5.83. The van der Waals surface area contributed by atoms with Gasteiger partial charge in [0.1, 0.15) is 5.76 Å². The van der Waals surface area contributed by atoms with Crippen molar-refractivity contribution in [1.82, 2.24) is 5.32 Å². The summed E-state index contributed by atoms with van der Waals surface area (Å²) in [5.41, 5.74) is 5.01. The topological polar surface area (TPSA) is 71.5 Å². The molecule has 1 amide bonds. The molecule has 5 nitrogen and oxygen atoms in total. The van der Waals surface area contributed by atoms with Crippen molar-refractivity contribution in [1.29, 1.82) is 0 Å². The Morgan fingerprint density at radius 3 is 2.57 bits per heavy atom. The number of nitrogens with two attached hydrogens (primary N) is 1. The van der Waals surface area contributed by atoms with Crippen molar-refractivity contribution in [3.8, 4) is 11.3 Å². The van der Waals surface area contributed by atoms with Gasteiger partial charge < -0.3 is 9.73 Å². The minimum absolute atomic E-state index is 0.300. The fourth-order valence-corrected chi connectivity index (χ4v) is 4.30. The maximum absolute atomic E-state index is 12.9. The van der Waals surface area contributed by atoms with Crippen molar-refractivity contribution >= 4 is 11.6 Å². The number of rotatable bonds is 2. The number of carbonyl (C=O) groups excluding carboxylic acids is 1. The van der Waals surface area contributed by atoms with E-state index in [0.29, 0.717) is 23.9 Å². The SMILES string of the molecule is NN1C(=O)c2oc(-c3ccccc3)cc2Cc2cc(C3CCNCC3)ccc21. The quantitative estimate of drug-likeness (QED) is 0.529. The zero-order valence-electron chi connectivity index (χ0n) is 15.7. The fourth-order valence-electron chi connectivity index (χ4n) is 4.30. The van der Waals surface area contributed by atoms with Gasteiger partial charge in [-0.05, 0) is 55.1 Å². The standard InChI is InChI=1S/C23H23N3O2/c24-26-20-7-6-17(15-8-10-25-11-9-15)12-18(20)13-19-14-21(28-22(19)23(26)27)16-4-2-1-3-5-16/h1-7,12,14-15,25H,8-11,13,24H2. The summed E-state index contributed by atoms with van der Waals surface area (Å²) in [5.74, 6) is 7.48. The molecule has 0 atom stereocenters. The molecule has 3 heterocycles. The minimum Gasteiger partial charge on any atom is -0.451 e. The van der Waals surface area contributed by atoms with Gasteiger partial charge in [0.15, 0.2) is 5.76 Å². The first-order valence-electron chi connectivity index (χ1n) is 9.81. The molecule has 3 N–H and O–H groups in total. The number of hydrogen-bond acceptors (Lipinski definition) is 4. The summed E-state index contributed by atoms with van der Waals surface area (Å²) in [6.07, 6.45) is 2.91. The van der Waals surface area contributed by atoms with E-state index in [9.17, 15) is 4.79 Å². The van der Waals surface area contributed by atoms with Crippen LogP contribution in [0.25, 0.3) is 11.3 Å². The maximum atomic E-state index is 12.9. The Morgan fingerprint density at radius 1 is 1.00 bits per heavy atom. The third-order valence-corrected chi connectivity index (χ3v) is 5.83. The highest BCUT2D eigenvalue weighted by Gasteiger charge is 2.30. The molecular weight excluding hydrogens is 350 g/mol. The smallest absolute Gasteiger partial charge is 0.308 e. The predicted octanol–water partition coefficient (Wildman–Crippen LogP) is 3.84. The number of hydrogen-bond donors (Lipinski definition) is 2. The molecule has 1 saturated heterocycles. The second kappa shape index (κ2) is 6.93. The van der Waals surface area contributed by atoms with Crippen molar-refractivity contribution < 1.29 is 9.21 Å². The first-order valence-corrected chi connectivity index (χ1v) is 9.81. The van der Waals surface area contributed by atoms with E-state index in [1.54, 1.807) is 0 Å². The van der Waals surface area contributed by atoms with Gasteiger partial charge in [0.25, 0.3) is 0 Å². The Kier molecular flexibility index (Phi) is 4.26. The number of fused-ring (bicyclic) bond motifs is 2. The Balaban J connectivity index is 1.55.